The van der Waals surface area contributed by atoms with Crippen LogP contribution in [-0.2, 0) is 4.79 Å². The molecule has 60 valence electrons. The monoisotopic (exact) mass is 171 g/mol. The van der Waals surface area contributed by atoms with Gasteiger partial charge in [0.2, 0.25) is 0 Å². The Morgan fingerprint density at radius 3 is 2.55 bits per heavy atom. The van der Waals surface area contributed by atoms with Gasteiger partial charge in [-0.2, -0.15) is 0 Å². The molecule has 4 heteroatoms. The van der Waals surface area contributed by atoms with E-state index in [2.05, 4.69) is 12.2 Å². The molecule has 0 unspecified atom stereocenters. The molecule has 0 aromatic rings. The summed E-state index contributed by atoms with van der Waals surface area (Å²) in [6.07, 6.45) is 1.64. The highest BCUT2D eigenvalue weighted by Gasteiger charge is 2.21. The summed E-state index contributed by atoms with van der Waals surface area (Å²) >= 11 is 4.61. The molecular formula is C7H9NO2S. The Kier molecular flexibility index (Phi) is 2.24. The molecule has 0 amide bonds. The Labute approximate surface area is 69.9 Å². The van der Waals surface area contributed by atoms with E-state index in [1.54, 1.807) is 0 Å². The third-order valence-corrected chi connectivity index (χ3v) is 1.84. The van der Waals surface area contributed by atoms with Crippen LogP contribution in [0.4, 0.5) is 0 Å². The zero-order valence-corrected chi connectivity index (χ0v) is 6.78. The summed E-state index contributed by atoms with van der Waals surface area (Å²) in [6, 6.07) is 0. The number of rotatable bonds is 1. The lowest BCUT2D eigenvalue weighted by Crippen LogP contribution is -2.23. The number of hydrogen-bond donors (Lipinski definition) is 2. The maximum absolute atomic E-state index is 11.1. The Hall–Kier alpha value is -0.900. The van der Waals surface area contributed by atoms with Gasteiger partial charge in [-0.15, -0.1) is 0 Å². The minimum Gasteiger partial charge on any atom is -0.511 e. The topological polar surface area (TPSA) is 63.3 Å². The minimum absolute atomic E-state index is 0.00667. The largest absolute Gasteiger partial charge is 0.511 e. The van der Waals surface area contributed by atoms with Crippen molar-refractivity contribution in [1.82, 2.24) is 0 Å². The van der Waals surface area contributed by atoms with Crippen LogP contribution in [0.2, 0.25) is 0 Å². The van der Waals surface area contributed by atoms with Crippen molar-refractivity contribution in [3.8, 4) is 0 Å². The molecule has 0 aliphatic heterocycles. The van der Waals surface area contributed by atoms with Gasteiger partial charge in [-0.1, -0.05) is 12.2 Å². The molecule has 1 rings (SSSR count). The van der Waals surface area contributed by atoms with Crippen LogP contribution < -0.4 is 5.73 Å². The average Bonchev–Trinajstić information content (AvgIpc) is 1.85. The first kappa shape index (κ1) is 8.20. The second-order valence-electron chi connectivity index (χ2n) is 2.46. The highest BCUT2D eigenvalue weighted by molar-refractivity contribution is 7.80. The van der Waals surface area contributed by atoms with Gasteiger partial charge in [-0.3, -0.25) is 4.79 Å². The first-order chi connectivity index (χ1) is 5.13. The molecule has 0 fully saturated rings. The van der Waals surface area contributed by atoms with Crippen LogP contribution in [0.1, 0.15) is 19.3 Å². The lowest BCUT2D eigenvalue weighted by Gasteiger charge is -2.12. The molecule has 3 nitrogen and oxygen atoms in total. The van der Waals surface area contributed by atoms with Crippen molar-refractivity contribution in [2.75, 3.05) is 0 Å². The van der Waals surface area contributed by atoms with Crippen molar-refractivity contribution in [3.05, 3.63) is 11.3 Å². The number of ketones is 1. The molecule has 11 heavy (non-hydrogen) atoms. The number of Topliss-reactive ketones (excluding diaryl/α,β-unsaturated/α-hetero) is 1. The molecule has 0 saturated heterocycles. The number of carbonyl (C=O) groups is 1. The molecule has 1 aliphatic carbocycles. The summed E-state index contributed by atoms with van der Waals surface area (Å²) < 4.78 is 0. The minimum atomic E-state index is -0.138. The summed E-state index contributed by atoms with van der Waals surface area (Å²) in [7, 11) is 0. The quantitative estimate of drug-likeness (QED) is 0.574. The van der Waals surface area contributed by atoms with Crippen molar-refractivity contribution in [2.24, 2.45) is 5.73 Å². The van der Waals surface area contributed by atoms with E-state index < -0.39 is 0 Å². The summed E-state index contributed by atoms with van der Waals surface area (Å²) in [5.74, 6) is -0.0880. The summed E-state index contributed by atoms with van der Waals surface area (Å²) in [5.41, 5.74) is 5.40. The molecule has 0 heterocycles. The van der Waals surface area contributed by atoms with Crippen molar-refractivity contribution < 1.29 is 9.90 Å². The Bertz CT molecular complexity index is 245. The van der Waals surface area contributed by atoms with Crippen LogP contribution in [-0.4, -0.2) is 15.9 Å². The summed E-state index contributed by atoms with van der Waals surface area (Å²) in [5, 5.41) is 9.20. The van der Waals surface area contributed by atoms with Crippen LogP contribution >= 0.6 is 12.2 Å². The first-order valence-corrected chi connectivity index (χ1v) is 3.79. The number of hydrogen-bond acceptors (Lipinski definition) is 3. The first-order valence-electron chi connectivity index (χ1n) is 3.38. The van der Waals surface area contributed by atoms with Gasteiger partial charge in [0.25, 0.3) is 0 Å². The summed E-state index contributed by atoms with van der Waals surface area (Å²) in [4.78, 5) is 11.1. The maximum atomic E-state index is 11.1. The fourth-order valence-corrected chi connectivity index (χ4v) is 1.34. The fraction of sp³-hybridized carbons (Fsp3) is 0.429. The third kappa shape index (κ3) is 1.57. The van der Waals surface area contributed by atoms with Gasteiger partial charge in [0, 0.05) is 12.8 Å². The van der Waals surface area contributed by atoms with Crippen molar-refractivity contribution in [1.29, 1.82) is 0 Å². The maximum Gasteiger partial charge on any atom is 0.169 e. The van der Waals surface area contributed by atoms with E-state index in [0.29, 0.717) is 19.3 Å². The van der Waals surface area contributed by atoms with Gasteiger partial charge in [0.15, 0.2) is 5.78 Å². The molecule has 1 aliphatic rings. The molecule has 3 N–H and O–H groups in total. The normalized spacial score (nSPS) is 18.7. The highest BCUT2D eigenvalue weighted by atomic mass is 32.1. The molecule has 0 atom stereocenters. The van der Waals surface area contributed by atoms with Gasteiger partial charge in [0.05, 0.1) is 5.57 Å². The predicted molar refractivity (Wildman–Crippen MR) is 45.3 cm³/mol. The van der Waals surface area contributed by atoms with Crippen molar-refractivity contribution >= 4 is 23.0 Å². The molecule has 0 spiro atoms. The van der Waals surface area contributed by atoms with Crippen LogP contribution in [0, 0.1) is 0 Å². The van der Waals surface area contributed by atoms with Gasteiger partial charge in [-0.25, -0.2) is 0 Å². The Morgan fingerprint density at radius 2 is 2.18 bits per heavy atom. The van der Waals surface area contributed by atoms with E-state index in [4.69, 9.17) is 5.73 Å². The van der Waals surface area contributed by atoms with Crippen LogP contribution in [0.3, 0.4) is 0 Å². The number of allylic oxidation sites excluding steroid dienone is 1. The van der Waals surface area contributed by atoms with Gasteiger partial charge >= 0.3 is 0 Å². The molecule has 0 aromatic carbocycles. The third-order valence-electron chi connectivity index (χ3n) is 1.63. The zero-order valence-electron chi connectivity index (χ0n) is 5.96. The predicted octanol–water partition coefficient (Wildman–Crippen LogP) is 0.838. The van der Waals surface area contributed by atoms with E-state index in [9.17, 15) is 9.90 Å². The Morgan fingerprint density at radius 1 is 1.55 bits per heavy atom. The molecule has 0 aromatic heterocycles. The molecule has 0 radical (unpaired) electrons. The standard InChI is InChI=1S/C7H9NO2S/c8-7(11)6-4(9)2-1-3-5(6)10/h9H,1-3H2,(H2,8,11). The number of thiocarbonyl (C=S) groups is 1. The molecule has 0 bridgehead atoms. The molecular weight excluding hydrogens is 162 g/mol. The fourth-order valence-electron chi connectivity index (χ4n) is 1.11. The van der Waals surface area contributed by atoms with E-state index in [0.717, 1.165) is 0 Å². The van der Waals surface area contributed by atoms with E-state index >= 15 is 0 Å². The SMILES string of the molecule is NC(=S)C1=C(O)CCCC1=O. The van der Waals surface area contributed by atoms with Crippen LogP contribution in [0.5, 0.6) is 0 Å². The lowest BCUT2D eigenvalue weighted by atomic mass is 9.96. The van der Waals surface area contributed by atoms with Gasteiger partial charge in [0.1, 0.15) is 10.7 Å². The number of aliphatic hydroxyl groups is 1. The zero-order chi connectivity index (χ0) is 8.43. The van der Waals surface area contributed by atoms with E-state index in [1.165, 1.54) is 0 Å². The van der Waals surface area contributed by atoms with Gasteiger partial charge < -0.3 is 10.8 Å². The number of nitrogens with two attached hydrogens (primary N) is 1. The van der Waals surface area contributed by atoms with Crippen LogP contribution in [0.25, 0.3) is 0 Å². The van der Waals surface area contributed by atoms with Crippen molar-refractivity contribution in [3.63, 3.8) is 0 Å². The number of carbonyl (C=O) groups excluding carboxylic acids is 1. The lowest BCUT2D eigenvalue weighted by molar-refractivity contribution is -0.115. The van der Waals surface area contributed by atoms with Crippen molar-refractivity contribution in [2.45, 2.75) is 19.3 Å². The second kappa shape index (κ2) is 3.00. The second-order valence-corrected chi connectivity index (χ2v) is 2.90. The van der Waals surface area contributed by atoms with Gasteiger partial charge in [-0.05, 0) is 6.42 Å². The van der Waals surface area contributed by atoms with E-state index in [1.807, 2.05) is 0 Å². The summed E-state index contributed by atoms with van der Waals surface area (Å²) in [6.45, 7) is 0. The average molecular weight is 171 g/mol. The Balaban J connectivity index is 3.01. The number of aliphatic hydroxyl groups excluding tert-OH is 1. The highest BCUT2D eigenvalue weighted by Crippen LogP contribution is 2.19. The van der Waals surface area contributed by atoms with Crippen LogP contribution in [0.15, 0.2) is 11.3 Å². The smallest absolute Gasteiger partial charge is 0.169 e. The van der Waals surface area contributed by atoms with E-state index in [-0.39, 0.29) is 22.1 Å². The molecule has 0 saturated carbocycles.